The molecule has 0 spiro atoms. The number of rotatable bonds is 8. The summed E-state index contributed by atoms with van der Waals surface area (Å²) in [6, 6.07) is 8.32. The number of sulfonamides is 1. The standard InChI is InChI=1S/C13H19NO4S/c1-2-10-19(17,18)14-12(13(15)16)9-8-11-6-4-3-5-7-11/h3-7,12,14H,2,8-10H2,1H3,(H,15,16). The third kappa shape index (κ3) is 5.85. The average molecular weight is 285 g/mol. The molecule has 0 saturated heterocycles. The molecule has 1 atom stereocenters. The molecule has 0 heterocycles. The van der Waals surface area contributed by atoms with Gasteiger partial charge in [0.05, 0.1) is 5.75 Å². The van der Waals surface area contributed by atoms with E-state index in [2.05, 4.69) is 4.72 Å². The van der Waals surface area contributed by atoms with Crippen molar-refractivity contribution in [3.8, 4) is 0 Å². The molecular formula is C13H19NO4S. The van der Waals surface area contributed by atoms with Crippen molar-refractivity contribution in [2.24, 2.45) is 0 Å². The lowest BCUT2D eigenvalue weighted by Crippen LogP contribution is -2.42. The van der Waals surface area contributed by atoms with Crippen molar-refractivity contribution in [2.45, 2.75) is 32.2 Å². The first-order valence-corrected chi connectivity index (χ1v) is 7.86. The van der Waals surface area contributed by atoms with Crippen molar-refractivity contribution in [3.05, 3.63) is 35.9 Å². The quantitative estimate of drug-likeness (QED) is 0.756. The molecule has 0 amide bonds. The van der Waals surface area contributed by atoms with Crippen LogP contribution in [0.15, 0.2) is 30.3 Å². The molecule has 1 aromatic rings. The van der Waals surface area contributed by atoms with E-state index in [4.69, 9.17) is 5.11 Å². The summed E-state index contributed by atoms with van der Waals surface area (Å²) in [7, 11) is -3.51. The number of hydrogen-bond donors (Lipinski definition) is 2. The van der Waals surface area contributed by atoms with Crippen LogP contribution in [0.2, 0.25) is 0 Å². The smallest absolute Gasteiger partial charge is 0.321 e. The molecule has 2 N–H and O–H groups in total. The van der Waals surface area contributed by atoms with Crippen molar-refractivity contribution in [3.63, 3.8) is 0 Å². The second-order valence-electron chi connectivity index (χ2n) is 4.35. The highest BCUT2D eigenvalue weighted by Crippen LogP contribution is 2.06. The van der Waals surface area contributed by atoms with Gasteiger partial charge in [0, 0.05) is 0 Å². The summed E-state index contributed by atoms with van der Waals surface area (Å²) in [5.74, 6) is -1.20. The monoisotopic (exact) mass is 285 g/mol. The second-order valence-corrected chi connectivity index (χ2v) is 6.23. The lowest BCUT2D eigenvalue weighted by molar-refractivity contribution is -0.139. The molecule has 1 aromatic carbocycles. The molecule has 0 radical (unpaired) electrons. The van der Waals surface area contributed by atoms with Crippen LogP contribution in [0.5, 0.6) is 0 Å². The molecule has 5 nitrogen and oxygen atoms in total. The zero-order valence-corrected chi connectivity index (χ0v) is 11.7. The Balaban J connectivity index is 2.62. The largest absolute Gasteiger partial charge is 0.480 e. The summed E-state index contributed by atoms with van der Waals surface area (Å²) < 4.78 is 25.4. The Hall–Kier alpha value is -1.40. The minimum Gasteiger partial charge on any atom is -0.480 e. The lowest BCUT2D eigenvalue weighted by Gasteiger charge is -2.14. The van der Waals surface area contributed by atoms with Crippen molar-refractivity contribution >= 4 is 16.0 Å². The van der Waals surface area contributed by atoms with Gasteiger partial charge in [-0.2, -0.15) is 0 Å². The maximum atomic E-state index is 11.6. The number of carboxylic acids is 1. The van der Waals surface area contributed by atoms with Crippen molar-refractivity contribution in [1.29, 1.82) is 0 Å². The Morgan fingerprint density at radius 3 is 2.47 bits per heavy atom. The first-order valence-electron chi connectivity index (χ1n) is 6.21. The number of aliphatic carboxylic acids is 1. The number of nitrogens with one attached hydrogen (secondary N) is 1. The maximum absolute atomic E-state index is 11.6. The fourth-order valence-corrected chi connectivity index (χ4v) is 3.04. The van der Waals surface area contributed by atoms with Gasteiger partial charge in [-0.05, 0) is 24.8 Å². The van der Waals surface area contributed by atoms with Gasteiger partial charge in [-0.25, -0.2) is 13.1 Å². The number of carbonyl (C=O) groups is 1. The van der Waals surface area contributed by atoms with Crippen LogP contribution in [0, 0.1) is 0 Å². The predicted molar refractivity (Wildman–Crippen MR) is 73.4 cm³/mol. The first kappa shape index (κ1) is 15.7. The summed E-state index contributed by atoms with van der Waals surface area (Å²) in [5, 5.41) is 9.06. The van der Waals surface area contributed by atoms with Crippen LogP contribution >= 0.6 is 0 Å². The molecular weight excluding hydrogens is 266 g/mol. The van der Waals surface area contributed by atoms with E-state index in [1.807, 2.05) is 30.3 Å². The fraction of sp³-hybridized carbons (Fsp3) is 0.462. The normalized spacial score (nSPS) is 13.1. The third-order valence-corrected chi connectivity index (χ3v) is 4.25. The number of aryl methyl sites for hydroxylation is 1. The molecule has 1 rings (SSSR count). The van der Waals surface area contributed by atoms with Crippen LogP contribution in [0.25, 0.3) is 0 Å². The molecule has 1 unspecified atom stereocenters. The Labute approximate surface area is 113 Å². The van der Waals surface area contributed by atoms with E-state index in [-0.39, 0.29) is 12.2 Å². The van der Waals surface area contributed by atoms with E-state index in [1.54, 1.807) is 6.92 Å². The Bertz CT molecular complexity index is 499. The summed E-state index contributed by atoms with van der Waals surface area (Å²) in [6.45, 7) is 1.74. The molecule has 0 saturated carbocycles. The summed E-state index contributed by atoms with van der Waals surface area (Å²) in [5.41, 5.74) is 0.989. The topological polar surface area (TPSA) is 83.5 Å². The number of hydrogen-bond acceptors (Lipinski definition) is 3. The molecule has 19 heavy (non-hydrogen) atoms. The second kappa shape index (κ2) is 7.25. The predicted octanol–water partition coefficient (Wildman–Crippen LogP) is 1.40. The number of benzene rings is 1. The van der Waals surface area contributed by atoms with Gasteiger partial charge in [0.15, 0.2) is 0 Å². The van der Waals surface area contributed by atoms with Crippen molar-refractivity contribution in [2.75, 3.05) is 5.75 Å². The van der Waals surface area contributed by atoms with E-state index in [9.17, 15) is 13.2 Å². The minimum absolute atomic E-state index is 0.0535. The molecule has 0 aliphatic carbocycles. The summed E-state index contributed by atoms with van der Waals surface area (Å²) in [6.07, 6.45) is 1.22. The number of carboxylic acid groups (broad SMARTS) is 1. The highest BCUT2D eigenvalue weighted by Gasteiger charge is 2.23. The van der Waals surface area contributed by atoms with E-state index in [1.165, 1.54) is 0 Å². The minimum atomic E-state index is -3.51. The van der Waals surface area contributed by atoms with Gasteiger partial charge in [0.1, 0.15) is 6.04 Å². The lowest BCUT2D eigenvalue weighted by atomic mass is 10.1. The van der Waals surface area contributed by atoms with Crippen LogP contribution in [0.4, 0.5) is 0 Å². The highest BCUT2D eigenvalue weighted by atomic mass is 32.2. The zero-order chi connectivity index (χ0) is 14.3. The average Bonchev–Trinajstić information content (AvgIpc) is 2.35. The third-order valence-electron chi connectivity index (χ3n) is 2.66. The Morgan fingerprint density at radius 2 is 1.95 bits per heavy atom. The SMILES string of the molecule is CCCS(=O)(=O)NC(CCc1ccccc1)C(=O)O. The van der Waals surface area contributed by atoms with Crippen molar-refractivity contribution < 1.29 is 18.3 Å². The highest BCUT2D eigenvalue weighted by molar-refractivity contribution is 7.89. The maximum Gasteiger partial charge on any atom is 0.321 e. The van der Waals surface area contributed by atoms with Crippen molar-refractivity contribution in [1.82, 2.24) is 4.72 Å². The molecule has 0 fully saturated rings. The van der Waals surface area contributed by atoms with Gasteiger partial charge >= 0.3 is 5.97 Å². The van der Waals surface area contributed by atoms with Gasteiger partial charge in [0.25, 0.3) is 0 Å². The van der Waals surface area contributed by atoms with Gasteiger partial charge in [-0.3, -0.25) is 4.79 Å². The zero-order valence-electron chi connectivity index (χ0n) is 10.9. The molecule has 0 aromatic heterocycles. The molecule has 0 aliphatic heterocycles. The fourth-order valence-electron chi connectivity index (χ4n) is 1.73. The van der Waals surface area contributed by atoms with E-state index in [0.29, 0.717) is 12.8 Å². The van der Waals surface area contributed by atoms with Crippen LogP contribution in [0.1, 0.15) is 25.3 Å². The van der Waals surface area contributed by atoms with Crippen LogP contribution in [0.3, 0.4) is 0 Å². The van der Waals surface area contributed by atoms with Crippen LogP contribution in [-0.2, 0) is 21.2 Å². The molecule has 6 heteroatoms. The van der Waals surface area contributed by atoms with Gasteiger partial charge in [0.2, 0.25) is 10.0 Å². The van der Waals surface area contributed by atoms with E-state index in [0.717, 1.165) is 5.56 Å². The Kier molecular flexibility index (Phi) is 5.98. The summed E-state index contributed by atoms with van der Waals surface area (Å²) >= 11 is 0. The van der Waals surface area contributed by atoms with E-state index < -0.39 is 22.0 Å². The first-order chi connectivity index (χ1) is 8.94. The van der Waals surface area contributed by atoms with E-state index >= 15 is 0 Å². The molecule has 0 aliphatic rings. The van der Waals surface area contributed by atoms with Gasteiger partial charge in [-0.15, -0.1) is 0 Å². The van der Waals surface area contributed by atoms with Gasteiger partial charge in [-0.1, -0.05) is 37.3 Å². The summed E-state index contributed by atoms with van der Waals surface area (Å²) in [4.78, 5) is 11.1. The van der Waals surface area contributed by atoms with Crippen LogP contribution in [-0.4, -0.2) is 31.3 Å². The Morgan fingerprint density at radius 1 is 1.32 bits per heavy atom. The van der Waals surface area contributed by atoms with Gasteiger partial charge < -0.3 is 5.11 Å². The van der Waals surface area contributed by atoms with Crippen LogP contribution < -0.4 is 4.72 Å². The molecule has 0 bridgehead atoms. The molecule has 106 valence electrons.